The molecular weight excluding hydrogens is 226 g/mol. The lowest BCUT2D eigenvalue weighted by Gasteiger charge is -2.30. The van der Waals surface area contributed by atoms with Crippen molar-refractivity contribution in [2.45, 2.75) is 45.8 Å². The van der Waals surface area contributed by atoms with Crippen LogP contribution in [0.1, 0.15) is 31.4 Å². The molecule has 0 bridgehead atoms. The highest BCUT2D eigenvalue weighted by molar-refractivity contribution is 5.36. The lowest BCUT2D eigenvalue weighted by molar-refractivity contribution is 0.115. The van der Waals surface area contributed by atoms with Gasteiger partial charge in [-0.1, -0.05) is 12.1 Å². The molecule has 0 heterocycles. The van der Waals surface area contributed by atoms with Crippen LogP contribution in [-0.2, 0) is 0 Å². The van der Waals surface area contributed by atoms with Crippen molar-refractivity contribution in [2.24, 2.45) is 0 Å². The first-order valence-electron chi connectivity index (χ1n) is 6.44. The van der Waals surface area contributed by atoms with Gasteiger partial charge in [0.15, 0.2) is 0 Å². The Morgan fingerprint density at radius 1 is 1.39 bits per heavy atom. The number of aryl methyl sites for hydroxylation is 2. The molecule has 1 rings (SSSR count). The zero-order valence-corrected chi connectivity index (χ0v) is 12.1. The molecule has 0 saturated carbocycles. The Bertz CT molecular complexity index is 386. The molecule has 0 aromatic heterocycles. The summed E-state index contributed by atoms with van der Waals surface area (Å²) in [5.74, 6) is 0.930. The van der Waals surface area contributed by atoms with E-state index in [1.807, 2.05) is 27.8 Å². The molecule has 2 unspecified atom stereocenters. The number of rotatable bonds is 6. The monoisotopic (exact) mass is 251 g/mol. The van der Waals surface area contributed by atoms with Crippen LogP contribution >= 0.6 is 0 Å². The number of benzene rings is 1. The summed E-state index contributed by atoms with van der Waals surface area (Å²) in [6.45, 7) is 8.24. The van der Waals surface area contributed by atoms with Crippen LogP contribution in [0.15, 0.2) is 18.2 Å². The second kappa shape index (κ2) is 6.21. The van der Waals surface area contributed by atoms with E-state index in [0.717, 1.165) is 17.7 Å². The maximum absolute atomic E-state index is 9.38. The van der Waals surface area contributed by atoms with E-state index in [0.29, 0.717) is 0 Å². The molecule has 0 aliphatic carbocycles. The van der Waals surface area contributed by atoms with Crippen molar-refractivity contribution in [1.29, 1.82) is 0 Å². The average Bonchev–Trinajstić information content (AvgIpc) is 2.33. The van der Waals surface area contributed by atoms with Crippen molar-refractivity contribution >= 4 is 0 Å². The predicted molar refractivity (Wildman–Crippen MR) is 75.2 cm³/mol. The van der Waals surface area contributed by atoms with Gasteiger partial charge in [0.05, 0.1) is 12.7 Å². The Morgan fingerprint density at radius 3 is 2.61 bits per heavy atom. The Labute approximate surface area is 110 Å². The molecule has 0 aliphatic heterocycles. The molecule has 0 spiro atoms. The first-order valence-corrected chi connectivity index (χ1v) is 6.44. The van der Waals surface area contributed by atoms with Gasteiger partial charge in [0.2, 0.25) is 0 Å². The number of aliphatic hydroxyl groups excluding tert-OH is 1. The summed E-state index contributed by atoms with van der Waals surface area (Å²) in [5.41, 5.74) is 2.04. The van der Waals surface area contributed by atoms with Crippen LogP contribution in [0.4, 0.5) is 0 Å². The molecule has 3 nitrogen and oxygen atoms in total. The van der Waals surface area contributed by atoms with E-state index in [-0.39, 0.29) is 18.2 Å². The first kappa shape index (κ1) is 15.0. The molecule has 2 N–H and O–H groups in total. The summed E-state index contributed by atoms with van der Waals surface area (Å²) < 4.78 is 5.97. The lowest BCUT2D eigenvalue weighted by Crippen LogP contribution is -2.46. The predicted octanol–water partition coefficient (Wildman–Crippen LogP) is 2.43. The highest BCUT2D eigenvalue weighted by Crippen LogP contribution is 2.23. The average molecular weight is 251 g/mol. The van der Waals surface area contributed by atoms with Crippen LogP contribution in [0.3, 0.4) is 0 Å². The normalized spacial score (nSPS) is 16.1. The maximum Gasteiger partial charge on any atom is 0.122 e. The van der Waals surface area contributed by atoms with Crippen LogP contribution < -0.4 is 10.1 Å². The molecule has 3 heteroatoms. The van der Waals surface area contributed by atoms with E-state index in [4.69, 9.17) is 4.74 Å². The van der Waals surface area contributed by atoms with Gasteiger partial charge in [-0.2, -0.15) is 0 Å². The minimum Gasteiger partial charge on any atom is -0.490 e. The van der Waals surface area contributed by atoms with Crippen molar-refractivity contribution in [3.05, 3.63) is 29.3 Å². The van der Waals surface area contributed by atoms with E-state index < -0.39 is 0 Å². The van der Waals surface area contributed by atoms with Gasteiger partial charge in [0.1, 0.15) is 5.75 Å². The van der Waals surface area contributed by atoms with E-state index in [9.17, 15) is 5.11 Å². The van der Waals surface area contributed by atoms with Gasteiger partial charge in [-0.25, -0.2) is 0 Å². The lowest BCUT2D eigenvalue weighted by atomic mass is 9.96. The topological polar surface area (TPSA) is 41.5 Å². The minimum absolute atomic E-state index is 0.0510. The Morgan fingerprint density at radius 2 is 2.06 bits per heavy atom. The standard InChI is InChI=1S/C15H25NO2/c1-11-6-7-12(2)14(8-11)18-13(3)9-15(4,10-17)16-5/h6-8,13,16-17H,9-10H2,1-5H3. The fourth-order valence-corrected chi connectivity index (χ4v) is 1.97. The van der Waals surface area contributed by atoms with E-state index >= 15 is 0 Å². The third-order valence-corrected chi connectivity index (χ3v) is 3.36. The number of hydrogen-bond acceptors (Lipinski definition) is 3. The summed E-state index contributed by atoms with van der Waals surface area (Å²) >= 11 is 0. The highest BCUT2D eigenvalue weighted by atomic mass is 16.5. The van der Waals surface area contributed by atoms with E-state index in [1.54, 1.807) is 0 Å². The van der Waals surface area contributed by atoms with Gasteiger partial charge in [0.25, 0.3) is 0 Å². The molecule has 0 saturated heterocycles. The summed E-state index contributed by atoms with van der Waals surface area (Å²) in [6, 6.07) is 6.21. The fraction of sp³-hybridized carbons (Fsp3) is 0.600. The smallest absolute Gasteiger partial charge is 0.122 e. The number of aliphatic hydroxyl groups is 1. The summed E-state index contributed by atoms with van der Waals surface area (Å²) in [4.78, 5) is 0. The fourth-order valence-electron chi connectivity index (χ4n) is 1.97. The molecular formula is C15H25NO2. The molecule has 0 radical (unpaired) electrons. The van der Waals surface area contributed by atoms with Crippen molar-refractivity contribution in [2.75, 3.05) is 13.7 Å². The van der Waals surface area contributed by atoms with Gasteiger partial charge in [-0.3, -0.25) is 0 Å². The zero-order valence-electron chi connectivity index (χ0n) is 12.1. The third kappa shape index (κ3) is 4.00. The number of nitrogens with one attached hydrogen (secondary N) is 1. The van der Waals surface area contributed by atoms with Crippen molar-refractivity contribution in [1.82, 2.24) is 5.32 Å². The van der Waals surface area contributed by atoms with Crippen LogP contribution in [0.2, 0.25) is 0 Å². The first-order chi connectivity index (χ1) is 8.40. The van der Waals surface area contributed by atoms with Gasteiger partial charge in [-0.05, 0) is 51.9 Å². The second-order valence-corrected chi connectivity index (χ2v) is 5.37. The molecule has 0 aliphatic rings. The maximum atomic E-state index is 9.38. The zero-order chi connectivity index (χ0) is 13.8. The van der Waals surface area contributed by atoms with Crippen LogP contribution in [-0.4, -0.2) is 30.4 Å². The molecule has 18 heavy (non-hydrogen) atoms. The van der Waals surface area contributed by atoms with Crippen molar-refractivity contribution < 1.29 is 9.84 Å². The number of ether oxygens (including phenoxy) is 1. The van der Waals surface area contributed by atoms with Crippen LogP contribution in [0, 0.1) is 13.8 Å². The van der Waals surface area contributed by atoms with Gasteiger partial charge in [-0.15, -0.1) is 0 Å². The molecule has 0 fully saturated rings. The SMILES string of the molecule is CNC(C)(CO)CC(C)Oc1cc(C)ccc1C. The summed E-state index contributed by atoms with van der Waals surface area (Å²) in [5, 5.41) is 12.5. The van der Waals surface area contributed by atoms with Crippen LogP contribution in [0.25, 0.3) is 0 Å². The van der Waals surface area contributed by atoms with Crippen LogP contribution in [0.5, 0.6) is 5.75 Å². The Kier molecular flexibility index (Phi) is 5.17. The van der Waals surface area contributed by atoms with E-state index in [1.165, 1.54) is 5.56 Å². The van der Waals surface area contributed by atoms with Gasteiger partial charge < -0.3 is 15.2 Å². The molecule has 102 valence electrons. The molecule has 0 amide bonds. The molecule has 2 atom stereocenters. The van der Waals surface area contributed by atoms with Gasteiger partial charge >= 0.3 is 0 Å². The van der Waals surface area contributed by atoms with E-state index in [2.05, 4.69) is 30.4 Å². The summed E-state index contributed by atoms with van der Waals surface area (Å²) in [6.07, 6.45) is 0.808. The van der Waals surface area contributed by atoms with Crippen molar-refractivity contribution in [3.8, 4) is 5.75 Å². The summed E-state index contributed by atoms with van der Waals surface area (Å²) in [7, 11) is 1.86. The number of hydrogen-bond donors (Lipinski definition) is 2. The molecule has 1 aromatic rings. The highest BCUT2D eigenvalue weighted by Gasteiger charge is 2.24. The Hall–Kier alpha value is -1.06. The third-order valence-electron chi connectivity index (χ3n) is 3.36. The molecule has 1 aromatic carbocycles. The Balaban J connectivity index is 2.70. The van der Waals surface area contributed by atoms with Crippen molar-refractivity contribution in [3.63, 3.8) is 0 Å². The minimum atomic E-state index is -0.294. The second-order valence-electron chi connectivity index (χ2n) is 5.37. The largest absolute Gasteiger partial charge is 0.490 e. The number of likely N-dealkylation sites (N-methyl/N-ethyl adjacent to an activating group) is 1. The van der Waals surface area contributed by atoms with Gasteiger partial charge in [0, 0.05) is 12.0 Å². The quantitative estimate of drug-likeness (QED) is 0.816.